The van der Waals surface area contributed by atoms with Crippen molar-refractivity contribution in [2.45, 2.75) is 12.5 Å². The average Bonchev–Trinajstić information content (AvgIpc) is 2.61. The van der Waals surface area contributed by atoms with Crippen LogP contribution in [0.25, 0.3) is 0 Å². The van der Waals surface area contributed by atoms with E-state index in [1.807, 2.05) is 0 Å². The predicted octanol–water partition coefficient (Wildman–Crippen LogP) is 2.03. The predicted molar refractivity (Wildman–Crippen MR) is 89.4 cm³/mol. The second kappa shape index (κ2) is 7.97. The number of phenols is 1. The van der Waals surface area contributed by atoms with Crippen molar-refractivity contribution in [2.24, 2.45) is 0 Å². The number of aromatic hydroxyl groups is 1. The number of carbonyl (C=O) groups is 2. The first kappa shape index (κ1) is 18.0. The van der Waals surface area contributed by atoms with Gasteiger partial charge in [-0.05, 0) is 35.9 Å². The highest BCUT2D eigenvalue weighted by Gasteiger charge is 2.24. The van der Waals surface area contributed by atoms with Crippen LogP contribution >= 0.6 is 0 Å². The standard InChI is InChI=1S/C19H16FNO4/c1-3-12-6-9-15(16(20)10-12)18(23)21-17(19(24)25-2)11-13-4-7-14(22)8-5-13/h1,4-10,17,22H,11H2,2H3,(H,21,23)/t17-/m0/s1. The minimum atomic E-state index is -1.01. The van der Waals surface area contributed by atoms with Gasteiger partial charge in [0.25, 0.3) is 5.91 Å². The largest absolute Gasteiger partial charge is 0.508 e. The highest BCUT2D eigenvalue weighted by atomic mass is 19.1. The average molecular weight is 341 g/mol. The Morgan fingerprint density at radius 1 is 1.28 bits per heavy atom. The minimum Gasteiger partial charge on any atom is -0.508 e. The van der Waals surface area contributed by atoms with Crippen LogP contribution < -0.4 is 5.32 Å². The molecule has 2 aromatic rings. The quantitative estimate of drug-likeness (QED) is 0.644. The number of benzene rings is 2. The van der Waals surface area contributed by atoms with Gasteiger partial charge in [-0.2, -0.15) is 0 Å². The zero-order chi connectivity index (χ0) is 18.4. The van der Waals surface area contributed by atoms with Gasteiger partial charge in [0.05, 0.1) is 12.7 Å². The van der Waals surface area contributed by atoms with E-state index < -0.39 is 23.7 Å². The lowest BCUT2D eigenvalue weighted by Crippen LogP contribution is -2.43. The van der Waals surface area contributed by atoms with Gasteiger partial charge in [0.2, 0.25) is 0 Å². The van der Waals surface area contributed by atoms with Crippen molar-refractivity contribution in [3.63, 3.8) is 0 Å². The van der Waals surface area contributed by atoms with Crippen molar-refractivity contribution in [3.05, 3.63) is 65.0 Å². The van der Waals surface area contributed by atoms with Gasteiger partial charge in [-0.1, -0.05) is 18.1 Å². The van der Waals surface area contributed by atoms with E-state index >= 15 is 0 Å². The molecule has 0 unspecified atom stereocenters. The van der Waals surface area contributed by atoms with E-state index in [9.17, 15) is 19.1 Å². The SMILES string of the molecule is C#Cc1ccc(C(=O)N[C@@H](Cc2ccc(O)cc2)C(=O)OC)c(F)c1. The molecule has 0 radical (unpaired) electrons. The number of carbonyl (C=O) groups excluding carboxylic acids is 2. The van der Waals surface area contributed by atoms with Crippen LogP contribution in [-0.4, -0.2) is 30.1 Å². The van der Waals surface area contributed by atoms with Gasteiger partial charge in [0.1, 0.15) is 17.6 Å². The Kier molecular flexibility index (Phi) is 5.75. The van der Waals surface area contributed by atoms with Gasteiger partial charge in [-0.25, -0.2) is 9.18 Å². The van der Waals surface area contributed by atoms with Crippen molar-refractivity contribution in [3.8, 4) is 18.1 Å². The van der Waals surface area contributed by atoms with Gasteiger partial charge in [-0.3, -0.25) is 4.79 Å². The van der Waals surface area contributed by atoms with E-state index in [1.165, 1.54) is 31.4 Å². The van der Waals surface area contributed by atoms with Crippen LogP contribution in [0.15, 0.2) is 42.5 Å². The Bertz CT molecular complexity index is 824. The molecule has 0 heterocycles. The lowest BCUT2D eigenvalue weighted by Gasteiger charge is -2.17. The molecule has 2 N–H and O–H groups in total. The summed E-state index contributed by atoms with van der Waals surface area (Å²) < 4.78 is 18.7. The molecule has 0 bridgehead atoms. The van der Waals surface area contributed by atoms with E-state index in [1.54, 1.807) is 12.1 Å². The van der Waals surface area contributed by atoms with Crippen molar-refractivity contribution < 1.29 is 23.8 Å². The third-order valence-electron chi connectivity index (χ3n) is 3.55. The van der Waals surface area contributed by atoms with E-state index in [2.05, 4.69) is 16.0 Å². The molecule has 5 nitrogen and oxygen atoms in total. The lowest BCUT2D eigenvalue weighted by molar-refractivity contribution is -0.142. The fourth-order valence-corrected chi connectivity index (χ4v) is 2.23. The number of methoxy groups -OCH3 is 1. The number of nitrogens with one attached hydrogen (secondary N) is 1. The maximum absolute atomic E-state index is 14.0. The molecular weight excluding hydrogens is 325 g/mol. The third kappa shape index (κ3) is 4.58. The first-order chi connectivity index (χ1) is 11.9. The molecule has 1 amide bonds. The Morgan fingerprint density at radius 3 is 2.52 bits per heavy atom. The van der Waals surface area contributed by atoms with Crippen LogP contribution in [0.1, 0.15) is 21.5 Å². The van der Waals surface area contributed by atoms with Gasteiger partial charge >= 0.3 is 5.97 Å². The molecule has 1 atom stereocenters. The zero-order valence-electron chi connectivity index (χ0n) is 13.5. The molecule has 6 heteroatoms. The van der Waals surface area contributed by atoms with Gasteiger partial charge < -0.3 is 15.2 Å². The summed E-state index contributed by atoms with van der Waals surface area (Å²) in [6.45, 7) is 0. The number of hydrogen-bond acceptors (Lipinski definition) is 4. The number of phenolic OH excluding ortho intramolecular Hbond substituents is 1. The highest BCUT2D eigenvalue weighted by molar-refractivity contribution is 5.97. The molecule has 128 valence electrons. The molecule has 0 fully saturated rings. The van der Waals surface area contributed by atoms with E-state index in [0.29, 0.717) is 11.1 Å². The first-order valence-corrected chi connectivity index (χ1v) is 7.37. The van der Waals surface area contributed by atoms with Crippen LogP contribution in [0.5, 0.6) is 5.75 Å². The minimum absolute atomic E-state index is 0.0816. The smallest absolute Gasteiger partial charge is 0.328 e. The second-order valence-corrected chi connectivity index (χ2v) is 5.26. The Morgan fingerprint density at radius 2 is 1.96 bits per heavy atom. The number of amides is 1. The third-order valence-corrected chi connectivity index (χ3v) is 3.55. The van der Waals surface area contributed by atoms with Gasteiger partial charge in [0.15, 0.2) is 0 Å². The monoisotopic (exact) mass is 341 g/mol. The number of rotatable bonds is 5. The maximum atomic E-state index is 14.0. The lowest BCUT2D eigenvalue weighted by atomic mass is 10.0. The van der Waals surface area contributed by atoms with Crippen molar-refractivity contribution >= 4 is 11.9 Å². The number of halogens is 1. The topological polar surface area (TPSA) is 75.6 Å². The van der Waals surface area contributed by atoms with Crippen molar-refractivity contribution in [2.75, 3.05) is 7.11 Å². The summed E-state index contributed by atoms with van der Waals surface area (Å²) in [6.07, 6.45) is 5.31. The molecule has 25 heavy (non-hydrogen) atoms. The highest BCUT2D eigenvalue weighted by Crippen LogP contribution is 2.14. The van der Waals surface area contributed by atoms with Crippen LogP contribution in [0.4, 0.5) is 4.39 Å². The van der Waals surface area contributed by atoms with Gasteiger partial charge in [-0.15, -0.1) is 6.42 Å². The van der Waals surface area contributed by atoms with E-state index in [-0.39, 0.29) is 17.7 Å². The maximum Gasteiger partial charge on any atom is 0.328 e. The molecule has 0 saturated heterocycles. The molecule has 0 spiro atoms. The van der Waals surface area contributed by atoms with E-state index in [4.69, 9.17) is 6.42 Å². The molecule has 0 aliphatic rings. The summed E-state index contributed by atoms with van der Waals surface area (Å²) in [7, 11) is 1.20. The second-order valence-electron chi connectivity index (χ2n) is 5.26. The van der Waals surface area contributed by atoms with E-state index in [0.717, 1.165) is 6.07 Å². The number of esters is 1. The summed E-state index contributed by atoms with van der Waals surface area (Å²) in [5, 5.41) is 11.8. The molecule has 0 aliphatic carbocycles. The zero-order valence-corrected chi connectivity index (χ0v) is 13.5. The first-order valence-electron chi connectivity index (χ1n) is 7.37. The van der Waals surface area contributed by atoms with Crippen LogP contribution in [0.2, 0.25) is 0 Å². The Balaban J connectivity index is 2.19. The van der Waals surface area contributed by atoms with Crippen molar-refractivity contribution in [1.82, 2.24) is 5.32 Å². The number of ether oxygens (including phenoxy) is 1. The molecule has 0 aliphatic heterocycles. The van der Waals surface area contributed by atoms with Crippen LogP contribution in [0, 0.1) is 18.2 Å². The summed E-state index contributed by atoms with van der Waals surface area (Å²) in [4.78, 5) is 24.2. The van der Waals surface area contributed by atoms with Gasteiger partial charge in [0, 0.05) is 12.0 Å². The normalized spacial score (nSPS) is 11.2. The molecule has 0 saturated carbocycles. The number of hydrogen-bond donors (Lipinski definition) is 2. The molecular formula is C19H16FNO4. The molecule has 0 aromatic heterocycles. The molecule has 2 rings (SSSR count). The summed E-state index contributed by atoms with van der Waals surface area (Å²) in [5.74, 6) is 0.159. The van der Waals surface area contributed by atoms with Crippen molar-refractivity contribution in [1.29, 1.82) is 0 Å². The fraction of sp³-hybridized carbons (Fsp3) is 0.158. The molecule has 2 aromatic carbocycles. The van der Waals surface area contributed by atoms with Crippen LogP contribution in [-0.2, 0) is 16.0 Å². The Labute approximate surface area is 144 Å². The fourth-order valence-electron chi connectivity index (χ4n) is 2.23. The number of terminal acetylenes is 1. The van der Waals surface area contributed by atoms with Crippen LogP contribution in [0.3, 0.4) is 0 Å². The Hall–Kier alpha value is -3.33. The summed E-state index contributed by atoms with van der Waals surface area (Å²) in [6, 6.07) is 8.91. The summed E-state index contributed by atoms with van der Waals surface area (Å²) in [5.41, 5.74) is 0.776. The summed E-state index contributed by atoms with van der Waals surface area (Å²) >= 11 is 0.